The van der Waals surface area contributed by atoms with E-state index in [0.29, 0.717) is 59.0 Å². The number of fused-ring (bicyclic) bond motifs is 1. The quantitative estimate of drug-likeness (QED) is 0.128. The first kappa shape index (κ1) is 46.0. The molecule has 1 saturated carbocycles. The normalized spacial score (nSPS) is 20.9. The van der Waals surface area contributed by atoms with Crippen LogP contribution >= 0.6 is 11.6 Å². The second-order valence-corrected chi connectivity index (χ2v) is 15.0. The smallest absolute Gasteiger partial charge is 0.336 e. The minimum Gasteiger partial charge on any atom is -0.548 e. The maximum atomic E-state index is 13.2. The number of nitrogens with one attached hydrogen (secondary N) is 2. The van der Waals surface area contributed by atoms with E-state index in [-0.39, 0.29) is 37.7 Å². The number of carbonyl (C=O) groups is 5. The van der Waals surface area contributed by atoms with Gasteiger partial charge >= 0.3 is 17.9 Å². The predicted molar refractivity (Wildman–Crippen MR) is 216 cm³/mol. The van der Waals surface area contributed by atoms with E-state index in [0.717, 1.165) is 31.2 Å². The molecule has 2 aromatic carbocycles. The van der Waals surface area contributed by atoms with Crippen LogP contribution in [-0.4, -0.2) is 92.4 Å². The van der Waals surface area contributed by atoms with Crippen LogP contribution in [0, 0.1) is 5.92 Å². The first-order valence-electron chi connectivity index (χ1n) is 20.2. The number of aliphatic carboxylic acids is 1. The summed E-state index contributed by atoms with van der Waals surface area (Å²) in [5.74, 6) is -3.44. The van der Waals surface area contributed by atoms with Gasteiger partial charge in [-0.2, -0.15) is 0 Å². The molecule has 2 fully saturated rings. The molecule has 14 heteroatoms. The van der Waals surface area contributed by atoms with Gasteiger partial charge in [-0.3, -0.25) is 14.9 Å². The van der Waals surface area contributed by atoms with Crippen LogP contribution in [0.25, 0.3) is 0 Å². The van der Waals surface area contributed by atoms with Gasteiger partial charge in [0.25, 0.3) is 0 Å². The number of carboxylic acid groups (broad SMARTS) is 1. The maximum absolute atomic E-state index is 13.2. The number of carboxylic acids is 1. The van der Waals surface area contributed by atoms with Gasteiger partial charge in [0.05, 0.1) is 67.7 Å². The van der Waals surface area contributed by atoms with Crippen molar-refractivity contribution in [2.45, 2.75) is 110 Å². The first-order chi connectivity index (χ1) is 27.9. The molecule has 0 spiro atoms. The Hall–Kier alpha value is -4.72. The van der Waals surface area contributed by atoms with Crippen molar-refractivity contribution < 1.29 is 48.0 Å². The van der Waals surface area contributed by atoms with Gasteiger partial charge in [0.1, 0.15) is 6.04 Å². The lowest BCUT2D eigenvalue weighted by Gasteiger charge is -2.33. The molecule has 2 aliphatic heterocycles. The van der Waals surface area contributed by atoms with Gasteiger partial charge in [-0.25, -0.2) is 9.59 Å². The van der Waals surface area contributed by atoms with E-state index in [4.69, 9.17) is 30.5 Å². The van der Waals surface area contributed by atoms with Crippen molar-refractivity contribution in [1.29, 1.82) is 0 Å². The summed E-state index contributed by atoms with van der Waals surface area (Å²) in [6.07, 6.45) is 5.22. The van der Waals surface area contributed by atoms with Gasteiger partial charge in [-0.05, 0) is 89.3 Å². The number of benzene rings is 2. The molecule has 0 unspecified atom stereocenters. The Bertz CT molecular complexity index is 1820. The number of carbonyl (C=O) groups excluding carboxylic acids is 5. The molecule has 0 bridgehead atoms. The van der Waals surface area contributed by atoms with Crippen LogP contribution in [-0.2, 0) is 49.3 Å². The van der Waals surface area contributed by atoms with E-state index in [1.807, 2.05) is 43.3 Å². The minimum atomic E-state index is -1.20. The number of allylic oxidation sites excluding steroid dienone is 1. The average Bonchev–Trinajstić information content (AvgIpc) is 3.82. The Morgan fingerprint density at radius 3 is 2.28 bits per heavy atom. The van der Waals surface area contributed by atoms with E-state index in [1.165, 1.54) is 12.0 Å². The second-order valence-electron chi connectivity index (χ2n) is 14.6. The summed E-state index contributed by atoms with van der Waals surface area (Å²) in [6, 6.07) is 14.6. The average molecular weight is 823 g/mol. The van der Waals surface area contributed by atoms with Gasteiger partial charge in [0.2, 0.25) is 5.91 Å². The van der Waals surface area contributed by atoms with E-state index in [9.17, 15) is 29.1 Å². The number of methoxy groups -OCH3 is 1. The zero-order chi connectivity index (χ0) is 42.4. The van der Waals surface area contributed by atoms with Gasteiger partial charge in [0, 0.05) is 23.4 Å². The number of amides is 1. The molecular formula is C44H57ClN3O10-. The summed E-state index contributed by atoms with van der Waals surface area (Å²) in [5.41, 5.74) is 3.48. The SMILES string of the molecule is CCCOCC1=C(C(=O)OCC)[C@@H](c2ccccc2Cl)C(C(=O)OC)=C(C)N1.CCOC(=O)[C@H](CCc1ccccc1)N[C@@H](C)C(=O)N1[C@H](C(=O)[O-])C[C@@H]2CCC[C@@H]21. The number of likely N-dealkylation sites (tertiary alicyclic amines) is 1. The van der Waals surface area contributed by atoms with Crippen LogP contribution in [0.2, 0.25) is 5.02 Å². The second kappa shape index (κ2) is 22.4. The number of hydrogen-bond acceptors (Lipinski definition) is 12. The van der Waals surface area contributed by atoms with Crippen molar-refractivity contribution in [3.8, 4) is 0 Å². The van der Waals surface area contributed by atoms with Crippen molar-refractivity contribution in [2.75, 3.05) is 33.5 Å². The Morgan fingerprint density at radius 1 is 0.948 bits per heavy atom. The van der Waals surface area contributed by atoms with Crippen LogP contribution in [0.1, 0.15) is 90.2 Å². The molecule has 1 amide bonds. The molecule has 1 saturated heterocycles. The lowest BCUT2D eigenvalue weighted by molar-refractivity contribution is -0.311. The molecule has 0 radical (unpaired) electrons. The third-order valence-electron chi connectivity index (χ3n) is 10.7. The maximum Gasteiger partial charge on any atom is 0.336 e. The Balaban J connectivity index is 0.000000257. The Kier molecular flexibility index (Phi) is 17.8. The molecule has 58 heavy (non-hydrogen) atoms. The zero-order valence-corrected chi connectivity index (χ0v) is 35.1. The number of aryl methyl sites for hydroxylation is 1. The summed E-state index contributed by atoms with van der Waals surface area (Å²) >= 11 is 6.44. The molecule has 13 nitrogen and oxygen atoms in total. The molecule has 2 aromatic rings. The lowest BCUT2D eigenvalue weighted by atomic mass is 9.80. The van der Waals surface area contributed by atoms with Crippen LogP contribution in [0.3, 0.4) is 0 Å². The van der Waals surface area contributed by atoms with Crippen molar-refractivity contribution in [1.82, 2.24) is 15.5 Å². The Labute approximate surface area is 346 Å². The highest BCUT2D eigenvalue weighted by Gasteiger charge is 2.47. The summed E-state index contributed by atoms with van der Waals surface area (Å²) in [7, 11) is 1.31. The van der Waals surface area contributed by atoms with Gasteiger partial charge < -0.3 is 39.1 Å². The summed E-state index contributed by atoms with van der Waals surface area (Å²) < 4.78 is 21.1. The van der Waals surface area contributed by atoms with Crippen LogP contribution in [0.5, 0.6) is 0 Å². The first-order valence-corrected chi connectivity index (χ1v) is 20.5. The zero-order valence-electron chi connectivity index (χ0n) is 34.3. The highest BCUT2D eigenvalue weighted by Crippen LogP contribution is 2.43. The third kappa shape index (κ3) is 11.5. The number of rotatable bonds is 17. The summed E-state index contributed by atoms with van der Waals surface area (Å²) in [4.78, 5) is 64.4. The molecule has 2 N–H and O–H groups in total. The fourth-order valence-electron chi connectivity index (χ4n) is 8.06. The monoisotopic (exact) mass is 822 g/mol. The number of halogens is 1. The summed E-state index contributed by atoms with van der Waals surface area (Å²) in [5, 5.41) is 18.3. The van der Waals surface area contributed by atoms with E-state index < -0.39 is 47.9 Å². The molecule has 0 aromatic heterocycles. The van der Waals surface area contributed by atoms with Crippen molar-refractivity contribution in [3.63, 3.8) is 0 Å². The predicted octanol–water partition coefficient (Wildman–Crippen LogP) is 4.77. The van der Waals surface area contributed by atoms with Gasteiger partial charge in [0.15, 0.2) is 0 Å². The largest absolute Gasteiger partial charge is 0.548 e. The van der Waals surface area contributed by atoms with Crippen LogP contribution in [0.15, 0.2) is 77.1 Å². The standard InChI is InChI=1S/C23H32N2O5.C21H26ClNO5/c1-3-30-23(29)18(13-12-16-8-5-4-6-9-16)24-15(2)21(26)25-19-11-7-10-17(19)14-20(25)22(27)28;1-5-11-27-12-16-19(21(25)28-6-2)18(14-9-7-8-10-15(14)22)17(13(3)23-16)20(24)26-4/h4-6,8-9,15,17-20,24H,3,7,10-14H2,1-2H3,(H,27,28);7-10,18,23H,5-6,11-12H2,1-4H3/p-1/t15-,17-,18-,19-,20-;18-/m00/s1. The molecule has 6 atom stereocenters. The minimum absolute atomic E-state index is 0.0463. The fourth-order valence-corrected chi connectivity index (χ4v) is 8.31. The lowest BCUT2D eigenvalue weighted by Crippen LogP contribution is -2.57. The van der Waals surface area contributed by atoms with Crippen molar-refractivity contribution in [3.05, 3.63) is 93.3 Å². The van der Waals surface area contributed by atoms with E-state index in [2.05, 4.69) is 10.6 Å². The molecule has 316 valence electrons. The number of hydrogen-bond donors (Lipinski definition) is 2. The molecule has 3 aliphatic rings. The highest BCUT2D eigenvalue weighted by atomic mass is 35.5. The molecule has 2 heterocycles. The summed E-state index contributed by atoms with van der Waals surface area (Å²) in [6.45, 7) is 10.1. The topological polar surface area (TPSA) is 173 Å². The fraction of sp³-hybridized carbons (Fsp3) is 0.523. The van der Waals surface area contributed by atoms with Crippen molar-refractivity contribution in [2.24, 2.45) is 5.92 Å². The highest BCUT2D eigenvalue weighted by molar-refractivity contribution is 6.31. The number of ether oxygens (including phenoxy) is 4. The van der Waals surface area contributed by atoms with Gasteiger partial charge in [-0.15, -0.1) is 0 Å². The molecular weight excluding hydrogens is 766 g/mol. The number of nitrogens with zero attached hydrogens (tertiary/aromatic N) is 1. The number of dihydropyridines is 1. The van der Waals surface area contributed by atoms with Crippen LogP contribution in [0.4, 0.5) is 0 Å². The van der Waals surface area contributed by atoms with Crippen LogP contribution < -0.4 is 15.7 Å². The molecule has 5 rings (SSSR count). The van der Waals surface area contributed by atoms with Gasteiger partial charge in [-0.1, -0.05) is 73.5 Å². The Morgan fingerprint density at radius 2 is 1.64 bits per heavy atom. The van der Waals surface area contributed by atoms with E-state index in [1.54, 1.807) is 45.9 Å². The molecule has 1 aliphatic carbocycles. The third-order valence-corrected chi connectivity index (χ3v) is 11.0. The van der Waals surface area contributed by atoms with E-state index >= 15 is 0 Å². The number of esters is 3. The van der Waals surface area contributed by atoms with Crippen molar-refractivity contribution >= 4 is 41.4 Å².